The van der Waals surface area contributed by atoms with E-state index in [1.54, 1.807) is 0 Å². The van der Waals surface area contributed by atoms with Crippen LogP contribution in [0.15, 0.2) is 23.1 Å². The number of hydrogen-bond acceptors (Lipinski definition) is 5. The molecule has 1 saturated heterocycles. The van der Waals surface area contributed by atoms with E-state index in [1.807, 2.05) is 0 Å². The average Bonchev–Trinajstić information content (AvgIpc) is 3.02. The van der Waals surface area contributed by atoms with Crippen molar-refractivity contribution in [2.75, 3.05) is 13.1 Å². The molecule has 6 nitrogen and oxygen atoms in total. The smallest absolute Gasteiger partial charge is 0.340 e. The Morgan fingerprint density at radius 3 is 2.43 bits per heavy atom. The van der Waals surface area contributed by atoms with Gasteiger partial charge in [0.15, 0.2) is 11.9 Å². The molecule has 1 aromatic carbocycles. The SMILES string of the molecule is CC(=O)C(C)OC(=O)c1cc(S(=O)(=O)N2CCCC2)ccc1Cl. The Labute approximate surface area is 140 Å². The van der Waals surface area contributed by atoms with Crippen molar-refractivity contribution < 1.29 is 22.7 Å². The summed E-state index contributed by atoms with van der Waals surface area (Å²) in [5.41, 5.74) is -0.0694. The second kappa shape index (κ2) is 6.98. The van der Waals surface area contributed by atoms with Crippen molar-refractivity contribution in [1.82, 2.24) is 4.31 Å². The van der Waals surface area contributed by atoms with Gasteiger partial charge in [-0.15, -0.1) is 0 Å². The van der Waals surface area contributed by atoms with Crippen LogP contribution in [0.25, 0.3) is 0 Å². The molecule has 8 heteroatoms. The van der Waals surface area contributed by atoms with Crippen molar-refractivity contribution in [3.05, 3.63) is 28.8 Å². The first kappa shape index (κ1) is 17.9. The highest BCUT2D eigenvalue weighted by Gasteiger charge is 2.29. The van der Waals surface area contributed by atoms with Crippen LogP contribution in [0.5, 0.6) is 0 Å². The van der Waals surface area contributed by atoms with Crippen molar-refractivity contribution in [3.63, 3.8) is 0 Å². The number of halogens is 1. The number of Topliss-reactive ketones (excluding diaryl/α,β-unsaturated/α-hetero) is 1. The van der Waals surface area contributed by atoms with Gasteiger partial charge in [0.1, 0.15) is 0 Å². The van der Waals surface area contributed by atoms with Gasteiger partial charge in [0.25, 0.3) is 0 Å². The summed E-state index contributed by atoms with van der Waals surface area (Å²) < 4.78 is 31.4. The quantitative estimate of drug-likeness (QED) is 0.753. The molecule has 0 spiro atoms. The number of benzene rings is 1. The van der Waals surface area contributed by atoms with Crippen molar-refractivity contribution in [2.24, 2.45) is 0 Å². The van der Waals surface area contributed by atoms with E-state index in [1.165, 1.54) is 36.4 Å². The second-order valence-electron chi connectivity index (χ2n) is 5.41. The van der Waals surface area contributed by atoms with Crippen LogP contribution < -0.4 is 0 Å². The Morgan fingerprint density at radius 2 is 1.87 bits per heavy atom. The molecule has 23 heavy (non-hydrogen) atoms. The number of rotatable bonds is 5. The number of ketones is 1. The number of nitrogens with zero attached hydrogens (tertiary/aromatic N) is 1. The van der Waals surface area contributed by atoms with Gasteiger partial charge in [0, 0.05) is 13.1 Å². The molecule has 1 aromatic rings. The molecule has 126 valence electrons. The topological polar surface area (TPSA) is 80.8 Å². The van der Waals surface area contributed by atoms with Gasteiger partial charge < -0.3 is 4.74 Å². The van der Waals surface area contributed by atoms with Gasteiger partial charge in [-0.3, -0.25) is 4.79 Å². The predicted octanol–water partition coefficient (Wildman–Crippen LogP) is 2.26. The maximum atomic E-state index is 12.5. The van der Waals surface area contributed by atoms with Gasteiger partial charge in [-0.2, -0.15) is 4.31 Å². The summed E-state index contributed by atoms with van der Waals surface area (Å²) in [4.78, 5) is 23.3. The van der Waals surface area contributed by atoms with Crippen molar-refractivity contribution in [2.45, 2.75) is 37.7 Å². The molecule has 0 bridgehead atoms. The van der Waals surface area contributed by atoms with E-state index in [9.17, 15) is 18.0 Å². The molecular formula is C15H18ClNO5S. The molecule has 0 aromatic heterocycles. The molecule has 0 saturated carbocycles. The highest BCUT2D eigenvalue weighted by atomic mass is 35.5. The lowest BCUT2D eigenvalue weighted by Gasteiger charge is -2.16. The standard InChI is InChI=1S/C15H18ClNO5S/c1-10(18)11(2)22-15(19)13-9-12(5-6-14(13)16)23(20,21)17-7-3-4-8-17/h5-6,9,11H,3-4,7-8H2,1-2H3. The Bertz CT molecular complexity index is 725. The molecule has 0 radical (unpaired) electrons. The van der Waals surface area contributed by atoms with Crippen LogP contribution >= 0.6 is 11.6 Å². The Morgan fingerprint density at radius 1 is 1.26 bits per heavy atom. The highest BCUT2D eigenvalue weighted by molar-refractivity contribution is 7.89. The van der Waals surface area contributed by atoms with E-state index >= 15 is 0 Å². The first-order valence-corrected chi connectivity index (χ1v) is 9.06. The van der Waals surface area contributed by atoms with Gasteiger partial charge >= 0.3 is 5.97 Å². The third-order valence-corrected chi connectivity index (χ3v) is 5.94. The van der Waals surface area contributed by atoms with E-state index < -0.39 is 22.1 Å². The van der Waals surface area contributed by atoms with Crippen LogP contribution in [-0.4, -0.2) is 43.7 Å². The largest absolute Gasteiger partial charge is 0.451 e. The minimum absolute atomic E-state index is 0.00812. The zero-order valence-electron chi connectivity index (χ0n) is 12.9. The Balaban J connectivity index is 2.32. The summed E-state index contributed by atoms with van der Waals surface area (Å²) in [5, 5.41) is 0.0751. The first-order chi connectivity index (χ1) is 10.7. The van der Waals surface area contributed by atoms with Crippen molar-refractivity contribution >= 4 is 33.4 Å². The Hall–Kier alpha value is -1.44. The number of carbonyl (C=O) groups excluding carboxylic acids is 2. The third kappa shape index (κ3) is 3.91. The van der Waals surface area contributed by atoms with Gasteiger partial charge in [0.05, 0.1) is 15.5 Å². The van der Waals surface area contributed by atoms with E-state index in [0.29, 0.717) is 13.1 Å². The third-order valence-electron chi connectivity index (χ3n) is 3.72. The molecule has 0 N–H and O–H groups in total. The van der Waals surface area contributed by atoms with Crippen LogP contribution in [0.1, 0.15) is 37.0 Å². The van der Waals surface area contributed by atoms with Gasteiger partial charge in [-0.05, 0) is 44.9 Å². The second-order valence-corrected chi connectivity index (χ2v) is 7.76. The number of carbonyl (C=O) groups is 2. The molecule has 1 aliphatic heterocycles. The fraction of sp³-hybridized carbons (Fsp3) is 0.467. The van der Waals surface area contributed by atoms with E-state index in [4.69, 9.17) is 16.3 Å². The number of ether oxygens (including phenoxy) is 1. The molecule has 1 fully saturated rings. The zero-order valence-corrected chi connectivity index (χ0v) is 14.5. The summed E-state index contributed by atoms with van der Waals surface area (Å²) in [7, 11) is -3.66. The lowest BCUT2D eigenvalue weighted by atomic mass is 10.2. The predicted molar refractivity (Wildman–Crippen MR) is 85.0 cm³/mol. The van der Waals surface area contributed by atoms with E-state index in [-0.39, 0.29) is 21.3 Å². The van der Waals surface area contributed by atoms with Gasteiger partial charge in [0.2, 0.25) is 10.0 Å². The minimum atomic E-state index is -3.66. The summed E-state index contributed by atoms with van der Waals surface area (Å²) in [6, 6.07) is 3.91. The normalized spacial score (nSPS) is 17.0. The number of esters is 1. The maximum absolute atomic E-state index is 12.5. The fourth-order valence-corrected chi connectivity index (χ4v) is 3.94. The van der Waals surface area contributed by atoms with Crippen LogP contribution in [0, 0.1) is 0 Å². The molecule has 1 aliphatic rings. The monoisotopic (exact) mass is 359 g/mol. The molecule has 2 rings (SSSR count). The average molecular weight is 360 g/mol. The van der Waals surface area contributed by atoms with E-state index in [0.717, 1.165) is 12.8 Å². The van der Waals surface area contributed by atoms with Gasteiger partial charge in [-0.1, -0.05) is 11.6 Å². The van der Waals surface area contributed by atoms with Gasteiger partial charge in [-0.25, -0.2) is 13.2 Å². The number of hydrogen-bond donors (Lipinski definition) is 0. The van der Waals surface area contributed by atoms with Crippen LogP contribution in [0.3, 0.4) is 0 Å². The molecular weight excluding hydrogens is 342 g/mol. The van der Waals surface area contributed by atoms with Crippen LogP contribution in [0.2, 0.25) is 5.02 Å². The molecule has 1 heterocycles. The van der Waals surface area contributed by atoms with Crippen LogP contribution in [0.4, 0.5) is 0 Å². The fourth-order valence-electron chi connectivity index (χ4n) is 2.21. The first-order valence-electron chi connectivity index (χ1n) is 7.24. The molecule has 1 atom stereocenters. The Kier molecular flexibility index (Phi) is 5.44. The summed E-state index contributed by atoms with van der Waals surface area (Å²) >= 11 is 5.97. The molecule has 1 unspecified atom stereocenters. The lowest BCUT2D eigenvalue weighted by molar-refractivity contribution is -0.124. The minimum Gasteiger partial charge on any atom is -0.451 e. The lowest BCUT2D eigenvalue weighted by Crippen LogP contribution is -2.28. The maximum Gasteiger partial charge on any atom is 0.340 e. The zero-order chi connectivity index (χ0) is 17.2. The highest BCUT2D eigenvalue weighted by Crippen LogP contribution is 2.26. The summed E-state index contributed by atoms with van der Waals surface area (Å²) in [6.45, 7) is 3.67. The van der Waals surface area contributed by atoms with Crippen molar-refractivity contribution in [3.8, 4) is 0 Å². The van der Waals surface area contributed by atoms with E-state index in [2.05, 4.69) is 0 Å². The number of sulfonamides is 1. The van der Waals surface area contributed by atoms with Crippen LogP contribution in [-0.2, 0) is 19.6 Å². The molecule has 0 aliphatic carbocycles. The molecule has 0 amide bonds. The summed E-state index contributed by atoms with van der Waals surface area (Å²) in [5.74, 6) is -1.13. The van der Waals surface area contributed by atoms with Crippen molar-refractivity contribution in [1.29, 1.82) is 0 Å². The summed E-state index contributed by atoms with van der Waals surface area (Å²) in [6.07, 6.45) is 0.716.